The van der Waals surface area contributed by atoms with Gasteiger partial charge in [-0.15, -0.1) is 0 Å². The zero-order chi connectivity index (χ0) is 21.2. The van der Waals surface area contributed by atoms with Gasteiger partial charge in [0, 0.05) is 0 Å². The van der Waals surface area contributed by atoms with Gasteiger partial charge in [0.25, 0.3) is 5.91 Å². The number of rotatable bonds is 10. The van der Waals surface area contributed by atoms with Gasteiger partial charge in [-0.05, 0) is 37.6 Å². The molecule has 0 heterocycles. The van der Waals surface area contributed by atoms with E-state index < -0.39 is 18.5 Å². The SMILES string of the molecule is CCCOc1c(Cl)cc(C(=O)OCC(=O)Nc2ccccc2OCC)cc1OC. The van der Waals surface area contributed by atoms with Gasteiger partial charge >= 0.3 is 5.97 Å². The van der Waals surface area contributed by atoms with Crippen LogP contribution in [0.25, 0.3) is 0 Å². The number of ether oxygens (including phenoxy) is 4. The fraction of sp³-hybridized carbons (Fsp3) is 0.333. The average Bonchev–Trinajstić information content (AvgIpc) is 2.72. The maximum Gasteiger partial charge on any atom is 0.338 e. The summed E-state index contributed by atoms with van der Waals surface area (Å²) in [7, 11) is 1.45. The first kappa shape index (κ1) is 22.4. The van der Waals surface area contributed by atoms with Crippen molar-refractivity contribution in [3.05, 3.63) is 47.0 Å². The minimum atomic E-state index is -0.708. The smallest absolute Gasteiger partial charge is 0.338 e. The normalized spacial score (nSPS) is 10.2. The Balaban J connectivity index is 2.02. The molecule has 0 radical (unpaired) electrons. The second-order valence-corrected chi connectivity index (χ2v) is 6.30. The third kappa shape index (κ3) is 6.29. The number of carbonyl (C=O) groups is 2. The van der Waals surface area contributed by atoms with E-state index in [-0.39, 0.29) is 10.6 Å². The van der Waals surface area contributed by atoms with Gasteiger partial charge in [-0.1, -0.05) is 30.7 Å². The molecular formula is C21H24ClNO6. The number of hydrogen-bond acceptors (Lipinski definition) is 6. The van der Waals surface area contributed by atoms with Gasteiger partial charge in [0.15, 0.2) is 18.1 Å². The lowest BCUT2D eigenvalue weighted by atomic mass is 10.2. The number of methoxy groups -OCH3 is 1. The molecule has 1 amide bonds. The van der Waals surface area contributed by atoms with Crippen LogP contribution in [0, 0.1) is 0 Å². The predicted molar refractivity (Wildman–Crippen MR) is 110 cm³/mol. The molecule has 0 aliphatic heterocycles. The number of benzene rings is 2. The van der Waals surface area contributed by atoms with Gasteiger partial charge in [0.2, 0.25) is 0 Å². The Morgan fingerprint density at radius 1 is 1.07 bits per heavy atom. The summed E-state index contributed by atoms with van der Waals surface area (Å²) in [6.07, 6.45) is 0.796. The van der Waals surface area contributed by atoms with Gasteiger partial charge in [0.05, 0.1) is 36.6 Å². The number of nitrogens with one attached hydrogen (secondary N) is 1. The molecule has 29 heavy (non-hydrogen) atoms. The number of esters is 1. The van der Waals surface area contributed by atoms with Crippen molar-refractivity contribution in [2.24, 2.45) is 0 Å². The van der Waals surface area contributed by atoms with Crippen LogP contribution in [0.4, 0.5) is 5.69 Å². The third-order valence-electron chi connectivity index (χ3n) is 3.71. The first-order valence-corrected chi connectivity index (χ1v) is 9.57. The van der Waals surface area contributed by atoms with E-state index in [0.29, 0.717) is 36.1 Å². The lowest BCUT2D eigenvalue weighted by Gasteiger charge is -2.14. The molecule has 0 saturated heterocycles. The summed E-state index contributed by atoms with van der Waals surface area (Å²) in [6, 6.07) is 9.87. The predicted octanol–water partition coefficient (Wildman–Crippen LogP) is 4.33. The van der Waals surface area contributed by atoms with Gasteiger partial charge < -0.3 is 24.3 Å². The monoisotopic (exact) mass is 421 g/mol. The standard InChI is InChI=1S/C21H24ClNO6/c1-4-10-28-20-15(22)11-14(12-18(20)26-3)21(25)29-13-19(24)23-16-8-6-7-9-17(16)27-5-2/h6-9,11-12H,4-5,10,13H2,1-3H3,(H,23,24). The average molecular weight is 422 g/mol. The van der Waals surface area contributed by atoms with Gasteiger partial charge in [-0.3, -0.25) is 4.79 Å². The molecule has 0 aliphatic carbocycles. The minimum Gasteiger partial charge on any atom is -0.493 e. The summed E-state index contributed by atoms with van der Waals surface area (Å²) in [4.78, 5) is 24.5. The van der Waals surface area contributed by atoms with Gasteiger partial charge in [-0.2, -0.15) is 0 Å². The van der Waals surface area contributed by atoms with Crippen LogP contribution in [0.5, 0.6) is 17.2 Å². The summed E-state index contributed by atoms with van der Waals surface area (Å²) in [5.74, 6) is 0.00615. The number of amides is 1. The molecule has 0 aromatic heterocycles. The molecule has 0 unspecified atom stereocenters. The van der Waals surface area contributed by atoms with Gasteiger partial charge in [-0.25, -0.2) is 4.79 Å². The zero-order valence-corrected chi connectivity index (χ0v) is 17.4. The lowest BCUT2D eigenvalue weighted by Crippen LogP contribution is -2.21. The minimum absolute atomic E-state index is 0.151. The molecule has 2 rings (SSSR count). The van der Waals surface area contributed by atoms with Crippen molar-refractivity contribution in [3.63, 3.8) is 0 Å². The van der Waals surface area contributed by atoms with Crippen LogP contribution in [0.15, 0.2) is 36.4 Å². The van der Waals surface area contributed by atoms with E-state index in [0.717, 1.165) is 6.42 Å². The van der Waals surface area contributed by atoms with Crippen molar-refractivity contribution < 1.29 is 28.5 Å². The van der Waals surface area contributed by atoms with E-state index in [9.17, 15) is 9.59 Å². The molecule has 0 spiro atoms. The number of halogens is 1. The Hall–Kier alpha value is -2.93. The van der Waals surface area contributed by atoms with Crippen LogP contribution in [0.2, 0.25) is 5.02 Å². The molecular weight excluding hydrogens is 398 g/mol. The molecule has 0 fully saturated rings. The summed E-state index contributed by atoms with van der Waals surface area (Å²) < 4.78 is 21.3. The van der Waals surface area contributed by atoms with Crippen molar-refractivity contribution in [1.29, 1.82) is 0 Å². The van der Waals surface area contributed by atoms with Crippen LogP contribution in [-0.4, -0.2) is 38.8 Å². The zero-order valence-electron chi connectivity index (χ0n) is 16.6. The van der Waals surface area contributed by atoms with Crippen LogP contribution in [0.1, 0.15) is 30.6 Å². The maximum atomic E-state index is 12.3. The first-order valence-electron chi connectivity index (χ1n) is 9.19. The molecule has 2 aromatic rings. The van der Waals surface area contributed by atoms with Crippen molar-refractivity contribution in [2.45, 2.75) is 20.3 Å². The number of anilines is 1. The fourth-order valence-corrected chi connectivity index (χ4v) is 2.70. The topological polar surface area (TPSA) is 83.1 Å². The molecule has 0 bridgehead atoms. The Bertz CT molecular complexity index is 855. The van der Waals surface area contributed by atoms with Crippen LogP contribution < -0.4 is 19.5 Å². The molecule has 2 aromatic carbocycles. The van der Waals surface area contributed by atoms with Crippen LogP contribution in [-0.2, 0) is 9.53 Å². The van der Waals surface area contributed by atoms with Crippen molar-refractivity contribution in [2.75, 3.05) is 32.2 Å². The quantitative estimate of drug-likeness (QED) is 0.575. The summed E-state index contributed by atoms with van der Waals surface area (Å²) in [5.41, 5.74) is 0.649. The largest absolute Gasteiger partial charge is 0.493 e. The Morgan fingerprint density at radius 3 is 2.52 bits per heavy atom. The Kier molecular flexibility index (Phi) is 8.61. The summed E-state index contributed by atoms with van der Waals surface area (Å²) in [6.45, 7) is 4.27. The lowest BCUT2D eigenvalue weighted by molar-refractivity contribution is -0.119. The Morgan fingerprint density at radius 2 is 1.83 bits per heavy atom. The highest BCUT2D eigenvalue weighted by Crippen LogP contribution is 2.36. The van der Waals surface area contributed by atoms with Crippen LogP contribution in [0.3, 0.4) is 0 Å². The van der Waals surface area contributed by atoms with Gasteiger partial charge in [0.1, 0.15) is 5.75 Å². The molecule has 0 aliphatic rings. The molecule has 8 heteroatoms. The number of hydrogen-bond donors (Lipinski definition) is 1. The number of para-hydroxylation sites is 2. The molecule has 1 N–H and O–H groups in total. The van der Waals surface area contributed by atoms with E-state index in [1.54, 1.807) is 24.3 Å². The Labute approximate surface area is 174 Å². The van der Waals surface area contributed by atoms with Crippen LogP contribution >= 0.6 is 11.6 Å². The first-order chi connectivity index (χ1) is 14.0. The van der Waals surface area contributed by atoms with Crippen molar-refractivity contribution in [1.82, 2.24) is 0 Å². The van der Waals surface area contributed by atoms with E-state index in [1.807, 2.05) is 13.8 Å². The fourth-order valence-electron chi connectivity index (χ4n) is 2.43. The second-order valence-electron chi connectivity index (χ2n) is 5.89. The molecule has 7 nitrogen and oxygen atoms in total. The second kappa shape index (κ2) is 11.2. The number of carbonyl (C=O) groups excluding carboxylic acids is 2. The highest BCUT2D eigenvalue weighted by Gasteiger charge is 2.18. The highest BCUT2D eigenvalue weighted by molar-refractivity contribution is 6.32. The van der Waals surface area contributed by atoms with Crippen molar-refractivity contribution in [3.8, 4) is 17.2 Å². The van der Waals surface area contributed by atoms with E-state index in [2.05, 4.69) is 5.32 Å². The molecule has 156 valence electrons. The summed E-state index contributed by atoms with van der Waals surface area (Å²) in [5, 5.41) is 2.88. The molecule has 0 saturated carbocycles. The van der Waals surface area contributed by atoms with E-state index in [1.165, 1.54) is 19.2 Å². The van der Waals surface area contributed by atoms with E-state index in [4.69, 9.17) is 30.5 Å². The molecule has 0 atom stereocenters. The third-order valence-corrected chi connectivity index (χ3v) is 3.99. The highest BCUT2D eigenvalue weighted by atomic mass is 35.5. The van der Waals surface area contributed by atoms with Crippen molar-refractivity contribution >= 4 is 29.2 Å². The maximum absolute atomic E-state index is 12.3. The van der Waals surface area contributed by atoms with E-state index >= 15 is 0 Å². The summed E-state index contributed by atoms with van der Waals surface area (Å²) >= 11 is 6.20.